The van der Waals surface area contributed by atoms with Gasteiger partial charge < -0.3 is 9.47 Å². The molecule has 2 aliphatic rings. The molecule has 2 aromatic rings. The molecule has 1 aromatic carbocycles. The molecule has 1 aromatic heterocycles. The smallest absolute Gasteiger partial charge is 0.125 e. The Morgan fingerprint density at radius 3 is 2.79 bits per heavy atom. The Morgan fingerprint density at radius 2 is 2.08 bits per heavy atom. The Hall–Kier alpha value is -1.85. The fraction of sp³-hybridized carbons (Fsp3) is 0.526. The highest BCUT2D eigenvalue weighted by atomic mass is 16.6. The molecule has 2 aliphatic heterocycles. The zero-order chi connectivity index (χ0) is 16.4. The molecule has 1 spiro atoms. The summed E-state index contributed by atoms with van der Waals surface area (Å²) in [4.78, 5) is 2.47. The van der Waals surface area contributed by atoms with E-state index >= 15 is 0 Å². The summed E-state index contributed by atoms with van der Waals surface area (Å²) in [6.07, 6.45) is 3.32. The van der Waals surface area contributed by atoms with Crippen molar-refractivity contribution < 1.29 is 9.47 Å². The summed E-state index contributed by atoms with van der Waals surface area (Å²) in [6, 6.07) is 12.2. The van der Waals surface area contributed by atoms with Crippen LogP contribution in [0.15, 0.2) is 36.4 Å². The molecule has 2 saturated heterocycles. The minimum absolute atomic E-state index is 0.0113. The van der Waals surface area contributed by atoms with E-state index in [9.17, 15) is 0 Å². The monoisotopic (exact) mass is 327 g/mol. The second-order valence-corrected chi connectivity index (χ2v) is 7.07. The quantitative estimate of drug-likeness (QED) is 0.938. The largest absolute Gasteiger partial charge is 0.488 e. The molecule has 128 valence electrons. The Bertz CT molecular complexity index is 662. The van der Waals surface area contributed by atoms with E-state index in [1.165, 1.54) is 0 Å². The van der Waals surface area contributed by atoms with Gasteiger partial charge in [-0.3, -0.25) is 10.00 Å². The highest BCUT2D eigenvalue weighted by Gasteiger charge is 2.43. The second-order valence-electron chi connectivity index (χ2n) is 7.07. The lowest BCUT2D eigenvalue weighted by Gasteiger charge is -2.38. The van der Waals surface area contributed by atoms with Crippen molar-refractivity contribution in [3.05, 3.63) is 47.8 Å². The van der Waals surface area contributed by atoms with Gasteiger partial charge in [0, 0.05) is 31.7 Å². The van der Waals surface area contributed by atoms with E-state index in [0.717, 1.165) is 56.0 Å². The number of hydrogen-bond donors (Lipinski definition) is 1. The summed E-state index contributed by atoms with van der Waals surface area (Å²) >= 11 is 0. The summed E-state index contributed by atoms with van der Waals surface area (Å²) in [5, 5.41) is 7.36. The lowest BCUT2D eigenvalue weighted by molar-refractivity contribution is -0.0456. The Labute approximate surface area is 143 Å². The molecule has 0 radical (unpaired) electrons. The summed E-state index contributed by atoms with van der Waals surface area (Å²) in [5.41, 5.74) is 2.26. The van der Waals surface area contributed by atoms with Crippen LogP contribution in [-0.2, 0) is 11.3 Å². The van der Waals surface area contributed by atoms with Gasteiger partial charge in [-0.2, -0.15) is 5.10 Å². The number of nitrogens with one attached hydrogen (secondary N) is 1. The number of rotatable bonds is 4. The molecule has 3 heterocycles. The van der Waals surface area contributed by atoms with E-state index in [4.69, 9.17) is 9.47 Å². The van der Waals surface area contributed by atoms with E-state index in [-0.39, 0.29) is 11.7 Å². The highest BCUT2D eigenvalue weighted by molar-refractivity contribution is 5.21. The first kappa shape index (κ1) is 15.7. The van der Waals surface area contributed by atoms with Gasteiger partial charge in [0.15, 0.2) is 0 Å². The van der Waals surface area contributed by atoms with Crippen molar-refractivity contribution >= 4 is 0 Å². The van der Waals surface area contributed by atoms with Gasteiger partial charge in [0.1, 0.15) is 11.9 Å². The number of likely N-dealkylation sites (tertiary alicyclic amines) is 1. The Kier molecular flexibility index (Phi) is 4.29. The van der Waals surface area contributed by atoms with Gasteiger partial charge in [-0.1, -0.05) is 18.2 Å². The molecule has 5 heteroatoms. The van der Waals surface area contributed by atoms with Crippen LogP contribution < -0.4 is 4.74 Å². The third kappa shape index (κ3) is 3.47. The van der Waals surface area contributed by atoms with Crippen LogP contribution in [0.4, 0.5) is 0 Å². The van der Waals surface area contributed by atoms with Crippen molar-refractivity contribution in [1.29, 1.82) is 0 Å². The van der Waals surface area contributed by atoms with E-state index in [1.54, 1.807) is 0 Å². The van der Waals surface area contributed by atoms with Crippen molar-refractivity contribution in [3.8, 4) is 5.75 Å². The number of aryl methyl sites for hydroxylation is 1. The maximum atomic E-state index is 6.20. The first-order chi connectivity index (χ1) is 11.7. The number of piperidine rings is 1. The second kappa shape index (κ2) is 6.57. The fourth-order valence-electron chi connectivity index (χ4n) is 3.82. The van der Waals surface area contributed by atoms with E-state index in [1.807, 2.05) is 37.3 Å². The lowest BCUT2D eigenvalue weighted by Crippen LogP contribution is -2.44. The van der Waals surface area contributed by atoms with Gasteiger partial charge in [-0.15, -0.1) is 0 Å². The number of aromatic nitrogens is 2. The molecule has 0 aliphatic carbocycles. The van der Waals surface area contributed by atoms with Crippen LogP contribution in [0.5, 0.6) is 5.75 Å². The van der Waals surface area contributed by atoms with Crippen molar-refractivity contribution in [2.75, 3.05) is 19.7 Å². The fourth-order valence-corrected chi connectivity index (χ4v) is 3.82. The van der Waals surface area contributed by atoms with Crippen LogP contribution in [0.1, 0.15) is 30.7 Å². The molecule has 24 heavy (non-hydrogen) atoms. The summed E-state index contributed by atoms with van der Waals surface area (Å²) in [6.45, 7) is 5.78. The SMILES string of the molecule is Cc1cc(CN2CCC3(CC2)CC(Oc2ccccc2)CO3)n[nH]1. The van der Waals surface area contributed by atoms with Crippen LogP contribution in [0, 0.1) is 6.92 Å². The van der Waals surface area contributed by atoms with Crippen molar-refractivity contribution in [2.45, 2.75) is 44.4 Å². The standard InChI is InChI=1S/C19H25N3O2/c1-15-11-16(21-20-15)13-22-9-7-19(8-10-22)12-18(14-23-19)24-17-5-3-2-4-6-17/h2-6,11,18H,7-10,12-14H2,1H3,(H,20,21). The number of nitrogens with zero attached hydrogens (tertiary/aromatic N) is 2. The van der Waals surface area contributed by atoms with Crippen LogP contribution in [-0.4, -0.2) is 46.5 Å². The summed E-state index contributed by atoms with van der Waals surface area (Å²) in [7, 11) is 0. The van der Waals surface area contributed by atoms with Crippen molar-refractivity contribution in [2.24, 2.45) is 0 Å². The molecule has 1 atom stereocenters. The Morgan fingerprint density at radius 1 is 1.29 bits per heavy atom. The lowest BCUT2D eigenvalue weighted by atomic mass is 9.88. The van der Waals surface area contributed by atoms with Gasteiger partial charge in [0.05, 0.1) is 17.9 Å². The van der Waals surface area contributed by atoms with Crippen LogP contribution in [0.2, 0.25) is 0 Å². The van der Waals surface area contributed by atoms with Crippen LogP contribution >= 0.6 is 0 Å². The average Bonchev–Trinajstić information content (AvgIpc) is 3.18. The van der Waals surface area contributed by atoms with Gasteiger partial charge >= 0.3 is 0 Å². The molecule has 0 saturated carbocycles. The van der Waals surface area contributed by atoms with Crippen LogP contribution in [0.3, 0.4) is 0 Å². The Balaban J connectivity index is 1.29. The van der Waals surface area contributed by atoms with Crippen molar-refractivity contribution in [3.63, 3.8) is 0 Å². The zero-order valence-electron chi connectivity index (χ0n) is 14.2. The van der Waals surface area contributed by atoms with E-state index < -0.39 is 0 Å². The third-order valence-corrected chi connectivity index (χ3v) is 5.13. The molecule has 1 unspecified atom stereocenters. The van der Waals surface area contributed by atoms with Gasteiger partial charge in [-0.05, 0) is 38.0 Å². The molecular weight excluding hydrogens is 302 g/mol. The normalized spacial score (nSPS) is 23.6. The zero-order valence-corrected chi connectivity index (χ0v) is 14.2. The average molecular weight is 327 g/mol. The summed E-state index contributed by atoms with van der Waals surface area (Å²) in [5.74, 6) is 0.939. The predicted octanol–water partition coefficient (Wildman–Crippen LogP) is 2.92. The molecular formula is C19H25N3O2. The van der Waals surface area contributed by atoms with Gasteiger partial charge in [0.2, 0.25) is 0 Å². The highest BCUT2D eigenvalue weighted by Crippen LogP contribution is 2.37. The van der Waals surface area contributed by atoms with Crippen molar-refractivity contribution in [1.82, 2.24) is 15.1 Å². The molecule has 4 rings (SSSR count). The van der Waals surface area contributed by atoms with Crippen LogP contribution in [0.25, 0.3) is 0 Å². The van der Waals surface area contributed by atoms with E-state index in [0.29, 0.717) is 6.61 Å². The van der Waals surface area contributed by atoms with E-state index in [2.05, 4.69) is 21.2 Å². The maximum Gasteiger partial charge on any atom is 0.125 e. The molecule has 5 nitrogen and oxygen atoms in total. The topological polar surface area (TPSA) is 50.4 Å². The van der Waals surface area contributed by atoms with Gasteiger partial charge in [0.25, 0.3) is 0 Å². The number of aromatic amines is 1. The first-order valence-electron chi connectivity index (χ1n) is 8.80. The molecule has 0 amide bonds. The first-order valence-corrected chi connectivity index (χ1v) is 8.80. The number of benzene rings is 1. The predicted molar refractivity (Wildman–Crippen MR) is 92.0 cm³/mol. The minimum atomic E-state index is 0.0113. The third-order valence-electron chi connectivity index (χ3n) is 5.13. The number of hydrogen-bond acceptors (Lipinski definition) is 4. The molecule has 2 fully saturated rings. The molecule has 0 bridgehead atoms. The maximum absolute atomic E-state index is 6.20. The number of ether oxygens (including phenoxy) is 2. The minimum Gasteiger partial charge on any atom is -0.488 e. The number of para-hydroxylation sites is 1. The number of H-pyrrole nitrogens is 1. The molecule has 1 N–H and O–H groups in total. The summed E-state index contributed by atoms with van der Waals surface area (Å²) < 4.78 is 12.3. The van der Waals surface area contributed by atoms with Gasteiger partial charge in [-0.25, -0.2) is 0 Å².